The summed E-state index contributed by atoms with van der Waals surface area (Å²) in [5.41, 5.74) is 4.47. The molecule has 7 nitrogen and oxygen atoms in total. The molecule has 0 radical (unpaired) electrons. The van der Waals surface area contributed by atoms with Gasteiger partial charge in [0.25, 0.3) is 15.9 Å². The summed E-state index contributed by atoms with van der Waals surface area (Å²) in [5.74, 6) is 0.685. The van der Waals surface area contributed by atoms with E-state index in [1.54, 1.807) is 30.3 Å². The average Bonchev–Trinajstić information content (AvgIpc) is 2.87. The Labute approximate surface area is 225 Å². The molecule has 0 spiro atoms. The van der Waals surface area contributed by atoms with Gasteiger partial charge in [0.1, 0.15) is 18.1 Å². The molecular formula is C30H36N2O5S. The number of nitrogens with one attached hydrogen (secondary N) is 1. The lowest BCUT2D eigenvalue weighted by molar-refractivity contribution is -0.127. The van der Waals surface area contributed by atoms with Gasteiger partial charge in [0.2, 0.25) is 0 Å². The molecule has 1 heterocycles. The molecule has 8 heteroatoms. The summed E-state index contributed by atoms with van der Waals surface area (Å²) >= 11 is 0. The average molecular weight is 537 g/mol. The second-order valence-corrected chi connectivity index (χ2v) is 12.6. The molecule has 3 aromatic carbocycles. The van der Waals surface area contributed by atoms with E-state index in [9.17, 15) is 13.2 Å². The zero-order valence-electron chi connectivity index (χ0n) is 22.9. The van der Waals surface area contributed by atoms with Gasteiger partial charge in [-0.2, -0.15) is 0 Å². The lowest BCUT2D eigenvalue weighted by Gasteiger charge is -2.36. The van der Waals surface area contributed by atoms with Gasteiger partial charge in [-0.05, 0) is 79.3 Å². The van der Waals surface area contributed by atoms with Gasteiger partial charge in [0.05, 0.1) is 23.7 Å². The molecule has 202 valence electrons. The summed E-state index contributed by atoms with van der Waals surface area (Å²) in [5, 5.41) is 2.82. The number of anilines is 1. The lowest BCUT2D eigenvalue weighted by atomic mass is 9.86. The zero-order valence-corrected chi connectivity index (χ0v) is 23.7. The quantitative estimate of drug-likeness (QED) is 0.427. The van der Waals surface area contributed by atoms with Gasteiger partial charge in [-0.15, -0.1) is 0 Å². The number of nitrogens with zero attached hydrogens (tertiary/aromatic N) is 1. The fourth-order valence-electron chi connectivity index (χ4n) is 4.18. The van der Waals surface area contributed by atoms with Gasteiger partial charge in [0.15, 0.2) is 6.10 Å². The van der Waals surface area contributed by atoms with E-state index in [-0.39, 0.29) is 30.0 Å². The van der Waals surface area contributed by atoms with Crippen molar-refractivity contribution in [3.8, 4) is 11.5 Å². The first-order valence-corrected chi connectivity index (χ1v) is 14.2. The molecule has 0 aliphatic carbocycles. The number of benzene rings is 3. The van der Waals surface area contributed by atoms with Crippen LogP contribution in [0.4, 0.5) is 5.69 Å². The van der Waals surface area contributed by atoms with Crippen LogP contribution < -0.4 is 19.1 Å². The number of sulfonamides is 1. The van der Waals surface area contributed by atoms with E-state index in [2.05, 4.69) is 26.1 Å². The first kappa shape index (κ1) is 27.5. The molecule has 0 saturated carbocycles. The smallest absolute Gasteiger partial charge is 0.264 e. The van der Waals surface area contributed by atoms with Crippen LogP contribution in [-0.2, 0) is 20.2 Å². The van der Waals surface area contributed by atoms with Gasteiger partial charge in [-0.25, -0.2) is 8.42 Å². The summed E-state index contributed by atoms with van der Waals surface area (Å²) in [6.45, 7) is 12.5. The van der Waals surface area contributed by atoms with E-state index in [1.807, 2.05) is 51.1 Å². The summed E-state index contributed by atoms with van der Waals surface area (Å²) in [6.07, 6.45) is -1.01. The number of aryl methyl sites for hydroxylation is 3. The minimum absolute atomic E-state index is 0.138. The second-order valence-electron chi connectivity index (χ2n) is 10.8. The Kier molecular flexibility index (Phi) is 7.74. The summed E-state index contributed by atoms with van der Waals surface area (Å²) in [6, 6.07) is 18.0. The normalized spacial score (nSPS) is 15.4. The third kappa shape index (κ3) is 5.96. The minimum Gasteiger partial charge on any atom is -0.492 e. The van der Waals surface area contributed by atoms with Gasteiger partial charge in [-0.3, -0.25) is 9.10 Å². The third-order valence-corrected chi connectivity index (χ3v) is 8.54. The number of amides is 1. The number of hydrogen-bond acceptors (Lipinski definition) is 5. The molecule has 38 heavy (non-hydrogen) atoms. The molecule has 0 fully saturated rings. The van der Waals surface area contributed by atoms with Crippen LogP contribution in [-0.4, -0.2) is 40.1 Å². The number of fused-ring (bicyclic) bond motifs is 1. The lowest BCUT2D eigenvalue weighted by Crippen LogP contribution is -2.51. The monoisotopic (exact) mass is 536 g/mol. The predicted molar refractivity (Wildman–Crippen MR) is 150 cm³/mol. The van der Waals surface area contributed by atoms with E-state index in [4.69, 9.17) is 9.47 Å². The molecule has 4 rings (SSSR count). The first-order chi connectivity index (χ1) is 17.9. The molecule has 1 aliphatic heterocycles. The molecule has 1 atom stereocenters. The van der Waals surface area contributed by atoms with Crippen molar-refractivity contribution in [1.82, 2.24) is 5.32 Å². The molecule has 0 saturated heterocycles. The van der Waals surface area contributed by atoms with Crippen LogP contribution in [0.5, 0.6) is 11.5 Å². The fourth-order valence-corrected chi connectivity index (χ4v) is 5.65. The van der Waals surface area contributed by atoms with Crippen LogP contribution in [0.25, 0.3) is 0 Å². The van der Waals surface area contributed by atoms with Crippen molar-refractivity contribution >= 4 is 21.6 Å². The maximum atomic E-state index is 13.8. The largest absolute Gasteiger partial charge is 0.492 e. The predicted octanol–water partition coefficient (Wildman–Crippen LogP) is 5.06. The van der Waals surface area contributed by atoms with Crippen LogP contribution >= 0.6 is 0 Å². The van der Waals surface area contributed by atoms with E-state index < -0.39 is 22.0 Å². The Morgan fingerprint density at radius 3 is 2.37 bits per heavy atom. The highest BCUT2D eigenvalue weighted by molar-refractivity contribution is 7.92. The van der Waals surface area contributed by atoms with Gasteiger partial charge >= 0.3 is 0 Å². The van der Waals surface area contributed by atoms with E-state index in [1.165, 1.54) is 9.87 Å². The van der Waals surface area contributed by atoms with Crippen molar-refractivity contribution in [2.75, 3.05) is 24.0 Å². The third-order valence-electron chi connectivity index (χ3n) is 6.74. The van der Waals surface area contributed by atoms with Crippen LogP contribution in [0.1, 0.15) is 43.0 Å². The molecule has 1 aliphatic rings. The Balaban J connectivity index is 1.54. The van der Waals surface area contributed by atoms with E-state index in [0.717, 1.165) is 22.4 Å². The Bertz CT molecular complexity index is 1430. The number of rotatable bonds is 7. The van der Waals surface area contributed by atoms with E-state index in [0.29, 0.717) is 11.4 Å². The van der Waals surface area contributed by atoms with Crippen molar-refractivity contribution in [2.45, 2.75) is 58.0 Å². The first-order valence-electron chi connectivity index (χ1n) is 12.7. The van der Waals surface area contributed by atoms with Crippen molar-refractivity contribution in [3.63, 3.8) is 0 Å². The highest BCUT2D eigenvalue weighted by atomic mass is 32.2. The van der Waals surface area contributed by atoms with Crippen LogP contribution in [0, 0.1) is 20.8 Å². The minimum atomic E-state index is -3.94. The standard InChI is InChI=1S/C30H36N2O5S/c1-20-7-12-25(13-8-20)38(34,35)32-19-28(37-27-14-10-23(18-26(27)32)30(4,5)6)29(33)31-15-16-36-24-11-9-21(2)22(3)17-24/h7-14,17-18,28H,15-16,19H2,1-6H3,(H,31,33)/t28-/m1/s1. The molecule has 3 aromatic rings. The van der Waals surface area contributed by atoms with E-state index >= 15 is 0 Å². The number of ether oxygens (including phenoxy) is 2. The SMILES string of the molecule is Cc1ccc(S(=O)(=O)N2C[C@H](C(=O)NCCOc3ccc(C)c(C)c3)Oc3ccc(C(C)(C)C)cc32)cc1. The molecular weight excluding hydrogens is 500 g/mol. The van der Waals surface area contributed by atoms with Gasteiger partial charge < -0.3 is 14.8 Å². The van der Waals surface area contributed by atoms with Crippen molar-refractivity contribution in [1.29, 1.82) is 0 Å². The molecule has 1 amide bonds. The number of carbonyl (C=O) groups excluding carboxylic acids is 1. The van der Waals surface area contributed by atoms with Crippen LogP contribution in [0.15, 0.2) is 65.6 Å². The van der Waals surface area contributed by atoms with Crippen molar-refractivity contribution < 1.29 is 22.7 Å². The topological polar surface area (TPSA) is 84.9 Å². The summed E-state index contributed by atoms with van der Waals surface area (Å²) in [7, 11) is -3.94. The van der Waals surface area contributed by atoms with Crippen molar-refractivity contribution in [2.24, 2.45) is 0 Å². The molecule has 0 aromatic heterocycles. The highest BCUT2D eigenvalue weighted by Crippen LogP contribution is 2.40. The van der Waals surface area contributed by atoms with Gasteiger partial charge in [0, 0.05) is 0 Å². The number of hydrogen-bond donors (Lipinski definition) is 1. The number of carbonyl (C=O) groups is 1. The zero-order chi connectivity index (χ0) is 27.7. The molecule has 0 unspecified atom stereocenters. The second kappa shape index (κ2) is 10.7. The molecule has 1 N–H and O–H groups in total. The molecule has 0 bridgehead atoms. The summed E-state index contributed by atoms with van der Waals surface area (Å²) < 4.78 is 40.6. The highest BCUT2D eigenvalue weighted by Gasteiger charge is 2.38. The maximum absolute atomic E-state index is 13.8. The Morgan fingerprint density at radius 2 is 1.71 bits per heavy atom. The summed E-state index contributed by atoms with van der Waals surface area (Å²) in [4.78, 5) is 13.2. The fraction of sp³-hybridized carbons (Fsp3) is 0.367. The maximum Gasteiger partial charge on any atom is 0.264 e. The van der Waals surface area contributed by atoms with Crippen LogP contribution in [0.3, 0.4) is 0 Å². The van der Waals surface area contributed by atoms with Crippen LogP contribution in [0.2, 0.25) is 0 Å². The Morgan fingerprint density at radius 1 is 1.00 bits per heavy atom. The van der Waals surface area contributed by atoms with Gasteiger partial charge in [-0.1, -0.05) is 50.6 Å². The Hall–Kier alpha value is -3.52. The van der Waals surface area contributed by atoms with Crippen molar-refractivity contribution in [3.05, 3.63) is 82.9 Å².